The Morgan fingerprint density at radius 1 is 1.17 bits per heavy atom. The summed E-state index contributed by atoms with van der Waals surface area (Å²) in [4.78, 5) is 11.1. The molecule has 0 saturated heterocycles. The number of halogens is 1. The van der Waals surface area contributed by atoms with Crippen molar-refractivity contribution in [3.8, 4) is 11.5 Å². The molecule has 0 aliphatic rings. The molecule has 0 heterocycles. The van der Waals surface area contributed by atoms with E-state index in [1.165, 1.54) is 6.07 Å². The summed E-state index contributed by atoms with van der Waals surface area (Å²) in [6.07, 6.45) is 0. The number of nitrogen functional groups attached to an aromatic ring is 1. The molecule has 0 unspecified atom stereocenters. The highest BCUT2D eigenvalue weighted by atomic mass is 35.5. The van der Waals surface area contributed by atoms with Gasteiger partial charge in [-0.2, -0.15) is 0 Å². The van der Waals surface area contributed by atoms with Crippen LogP contribution in [0.4, 0.5) is 5.69 Å². The van der Waals surface area contributed by atoms with E-state index in [0.717, 1.165) is 0 Å². The Morgan fingerprint density at radius 2 is 1.94 bits per heavy atom. The van der Waals surface area contributed by atoms with Crippen LogP contribution in [0.25, 0.3) is 0 Å². The Kier molecular flexibility index (Phi) is 3.39. The first-order valence-corrected chi connectivity index (χ1v) is 5.57. The van der Waals surface area contributed by atoms with Gasteiger partial charge in [-0.25, -0.2) is 0 Å². The summed E-state index contributed by atoms with van der Waals surface area (Å²) in [6, 6.07) is 11.5. The van der Waals surface area contributed by atoms with Gasteiger partial charge in [0.1, 0.15) is 5.75 Å². The van der Waals surface area contributed by atoms with Crippen LogP contribution in [0.1, 0.15) is 10.4 Å². The molecule has 4 nitrogen and oxygen atoms in total. The molecule has 2 aromatic carbocycles. The standard InChI is InChI=1S/C13H11ClN2O2/c14-9-2-1-3-10(7-9)18-12-6-8(13(16)17)4-5-11(12)15/h1-7H,15H2,(H2,16,17). The highest BCUT2D eigenvalue weighted by Crippen LogP contribution is 2.29. The third-order valence-corrected chi connectivity index (χ3v) is 2.56. The molecule has 0 aromatic heterocycles. The smallest absolute Gasteiger partial charge is 0.248 e. The van der Waals surface area contributed by atoms with E-state index in [1.54, 1.807) is 36.4 Å². The van der Waals surface area contributed by atoms with Crippen molar-refractivity contribution in [2.24, 2.45) is 5.73 Å². The number of ether oxygens (including phenoxy) is 1. The number of nitrogens with two attached hydrogens (primary N) is 2. The minimum Gasteiger partial charge on any atom is -0.455 e. The number of anilines is 1. The summed E-state index contributed by atoms with van der Waals surface area (Å²) < 4.78 is 5.56. The fraction of sp³-hybridized carbons (Fsp3) is 0. The number of amides is 1. The van der Waals surface area contributed by atoms with Crippen LogP contribution in [-0.2, 0) is 0 Å². The van der Waals surface area contributed by atoms with Gasteiger partial charge in [-0.05, 0) is 36.4 Å². The number of carbonyl (C=O) groups is 1. The van der Waals surface area contributed by atoms with Crippen LogP contribution in [0, 0.1) is 0 Å². The lowest BCUT2D eigenvalue weighted by Crippen LogP contribution is -2.11. The van der Waals surface area contributed by atoms with Gasteiger partial charge in [-0.1, -0.05) is 17.7 Å². The van der Waals surface area contributed by atoms with Crippen molar-refractivity contribution in [2.75, 3.05) is 5.73 Å². The van der Waals surface area contributed by atoms with E-state index >= 15 is 0 Å². The molecule has 1 amide bonds. The average Bonchev–Trinajstić information content (AvgIpc) is 2.31. The van der Waals surface area contributed by atoms with Gasteiger partial charge in [0.25, 0.3) is 0 Å². The zero-order valence-corrected chi connectivity index (χ0v) is 10.1. The molecule has 0 saturated carbocycles. The van der Waals surface area contributed by atoms with Crippen LogP contribution >= 0.6 is 11.6 Å². The first kappa shape index (κ1) is 12.3. The maximum atomic E-state index is 11.1. The Hall–Kier alpha value is -2.20. The summed E-state index contributed by atoms with van der Waals surface area (Å²) in [7, 11) is 0. The molecular weight excluding hydrogens is 252 g/mol. The van der Waals surface area contributed by atoms with E-state index in [9.17, 15) is 4.79 Å². The van der Waals surface area contributed by atoms with Gasteiger partial charge in [-0.15, -0.1) is 0 Å². The van der Waals surface area contributed by atoms with Gasteiger partial charge in [0.15, 0.2) is 5.75 Å². The monoisotopic (exact) mass is 262 g/mol. The van der Waals surface area contributed by atoms with Crippen molar-refractivity contribution in [3.63, 3.8) is 0 Å². The van der Waals surface area contributed by atoms with E-state index in [-0.39, 0.29) is 0 Å². The van der Waals surface area contributed by atoms with Crippen LogP contribution in [0.15, 0.2) is 42.5 Å². The summed E-state index contributed by atoms with van der Waals surface area (Å²) in [5.41, 5.74) is 11.7. The minimum atomic E-state index is -0.536. The molecule has 92 valence electrons. The molecule has 5 heteroatoms. The third-order valence-electron chi connectivity index (χ3n) is 2.32. The second-order valence-corrected chi connectivity index (χ2v) is 4.11. The third kappa shape index (κ3) is 2.73. The van der Waals surface area contributed by atoms with E-state index in [0.29, 0.717) is 27.8 Å². The van der Waals surface area contributed by atoms with E-state index in [1.807, 2.05) is 0 Å². The van der Waals surface area contributed by atoms with Gasteiger partial charge >= 0.3 is 0 Å². The molecule has 0 fully saturated rings. The maximum Gasteiger partial charge on any atom is 0.248 e. The van der Waals surface area contributed by atoms with Crippen LogP contribution in [0.3, 0.4) is 0 Å². The second kappa shape index (κ2) is 4.98. The Bertz CT molecular complexity index is 599. The van der Waals surface area contributed by atoms with Crippen molar-refractivity contribution in [1.29, 1.82) is 0 Å². The largest absolute Gasteiger partial charge is 0.455 e. The predicted molar refractivity (Wildman–Crippen MR) is 70.9 cm³/mol. The molecule has 18 heavy (non-hydrogen) atoms. The topological polar surface area (TPSA) is 78.3 Å². The highest BCUT2D eigenvalue weighted by molar-refractivity contribution is 6.30. The first-order valence-electron chi connectivity index (χ1n) is 5.19. The van der Waals surface area contributed by atoms with Gasteiger partial charge in [0.2, 0.25) is 5.91 Å². The van der Waals surface area contributed by atoms with E-state index < -0.39 is 5.91 Å². The first-order chi connectivity index (χ1) is 8.56. The van der Waals surface area contributed by atoms with Crippen molar-refractivity contribution in [1.82, 2.24) is 0 Å². The van der Waals surface area contributed by atoms with Gasteiger partial charge in [0.05, 0.1) is 5.69 Å². The summed E-state index contributed by atoms with van der Waals surface area (Å²) in [6.45, 7) is 0. The average molecular weight is 263 g/mol. The van der Waals surface area contributed by atoms with Gasteiger partial charge in [0, 0.05) is 10.6 Å². The molecule has 4 N–H and O–H groups in total. The molecule has 2 rings (SSSR count). The number of hydrogen-bond donors (Lipinski definition) is 2. The number of rotatable bonds is 3. The van der Waals surface area contributed by atoms with Crippen LogP contribution in [0.5, 0.6) is 11.5 Å². The number of hydrogen-bond acceptors (Lipinski definition) is 3. The van der Waals surface area contributed by atoms with Crippen molar-refractivity contribution < 1.29 is 9.53 Å². The SMILES string of the molecule is NC(=O)c1ccc(N)c(Oc2cccc(Cl)c2)c1. The molecule has 0 spiro atoms. The highest BCUT2D eigenvalue weighted by Gasteiger charge is 2.07. The Labute approximate surface area is 109 Å². The molecule has 0 atom stereocenters. The molecule has 0 aliphatic heterocycles. The van der Waals surface area contributed by atoms with Crippen LogP contribution < -0.4 is 16.2 Å². The van der Waals surface area contributed by atoms with Crippen LogP contribution in [0.2, 0.25) is 5.02 Å². The number of carbonyl (C=O) groups excluding carboxylic acids is 1. The van der Waals surface area contributed by atoms with Crippen LogP contribution in [-0.4, -0.2) is 5.91 Å². The van der Waals surface area contributed by atoms with Crippen molar-refractivity contribution >= 4 is 23.2 Å². The minimum absolute atomic E-state index is 0.334. The lowest BCUT2D eigenvalue weighted by Gasteiger charge is -2.09. The fourth-order valence-corrected chi connectivity index (χ4v) is 1.61. The lowest BCUT2D eigenvalue weighted by molar-refractivity contribution is 0.1000. The molecule has 0 radical (unpaired) electrons. The number of benzene rings is 2. The Balaban J connectivity index is 2.33. The Morgan fingerprint density at radius 3 is 2.61 bits per heavy atom. The van der Waals surface area contributed by atoms with Crippen molar-refractivity contribution in [2.45, 2.75) is 0 Å². The van der Waals surface area contributed by atoms with E-state index in [2.05, 4.69) is 0 Å². The molecule has 2 aromatic rings. The lowest BCUT2D eigenvalue weighted by atomic mass is 10.2. The summed E-state index contributed by atoms with van der Waals surface area (Å²) in [5.74, 6) is 0.371. The number of primary amides is 1. The zero-order chi connectivity index (χ0) is 13.1. The fourth-order valence-electron chi connectivity index (χ4n) is 1.43. The van der Waals surface area contributed by atoms with Gasteiger partial charge in [-0.3, -0.25) is 4.79 Å². The van der Waals surface area contributed by atoms with Crippen molar-refractivity contribution in [3.05, 3.63) is 53.1 Å². The summed E-state index contributed by atoms with van der Waals surface area (Å²) in [5, 5.41) is 0.553. The second-order valence-electron chi connectivity index (χ2n) is 3.68. The molecular formula is C13H11ClN2O2. The summed E-state index contributed by atoms with van der Waals surface area (Å²) >= 11 is 5.85. The zero-order valence-electron chi connectivity index (χ0n) is 9.39. The quantitative estimate of drug-likeness (QED) is 0.835. The maximum absolute atomic E-state index is 11.1. The predicted octanol–water partition coefficient (Wildman–Crippen LogP) is 2.81. The molecule has 0 aliphatic carbocycles. The van der Waals surface area contributed by atoms with Gasteiger partial charge < -0.3 is 16.2 Å². The molecule has 0 bridgehead atoms. The normalized spacial score (nSPS) is 10.1. The van der Waals surface area contributed by atoms with E-state index in [4.69, 9.17) is 27.8 Å².